The number of morpholine rings is 1. The Morgan fingerprint density at radius 3 is 2.56 bits per heavy atom. The van der Waals surface area contributed by atoms with Gasteiger partial charge in [-0.3, -0.25) is 4.90 Å². The second-order valence-electron chi connectivity index (χ2n) is 7.02. The summed E-state index contributed by atoms with van der Waals surface area (Å²) < 4.78 is 5.98. The molecule has 1 aliphatic carbocycles. The molecule has 0 spiro atoms. The van der Waals surface area contributed by atoms with Gasteiger partial charge < -0.3 is 10.1 Å². The first-order valence-electron chi connectivity index (χ1n) is 7.52. The van der Waals surface area contributed by atoms with Gasteiger partial charge in [-0.1, -0.05) is 6.92 Å². The zero-order valence-corrected chi connectivity index (χ0v) is 12.7. The van der Waals surface area contributed by atoms with E-state index < -0.39 is 0 Å². The van der Waals surface area contributed by atoms with E-state index in [-0.39, 0.29) is 5.60 Å². The van der Waals surface area contributed by atoms with Crippen molar-refractivity contribution in [2.75, 3.05) is 19.6 Å². The molecule has 2 fully saturated rings. The van der Waals surface area contributed by atoms with Crippen molar-refractivity contribution in [3.8, 4) is 0 Å². The lowest BCUT2D eigenvalue weighted by molar-refractivity contribution is -0.140. The quantitative estimate of drug-likeness (QED) is 0.814. The van der Waals surface area contributed by atoms with Crippen molar-refractivity contribution in [2.24, 2.45) is 5.92 Å². The van der Waals surface area contributed by atoms with E-state index in [9.17, 15) is 0 Å². The van der Waals surface area contributed by atoms with Gasteiger partial charge >= 0.3 is 0 Å². The second-order valence-corrected chi connectivity index (χ2v) is 7.02. The van der Waals surface area contributed by atoms with E-state index in [1.165, 1.54) is 12.8 Å². The summed E-state index contributed by atoms with van der Waals surface area (Å²) in [6.07, 6.45) is 3.10. The van der Waals surface area contributed by atoms with Gasteiger partial charge in [0, 0.05) is 25.2 Å². The number of nitrogens with one attached hydrogen (secondary N) is 1. The standard InChI is InChI=1S/C15H30N2O/c1-11(8-16-14-6-7-14)13(3)17-9-12(2)18-15(4,5)10-17/h11-14,16H,6-10H2,1-5H3. The van der Waals surface area contributed by atoms with Crippen LogP contribution >= 0.6 is 0 Å². The predicted octanol–water partition coefficient (Wildman–Crippen LogP) is 2.26. The molecule has 1 saturated heterocycles. The van der Waals surface area contributed by atoms with Crippen LogP contribution < -0.4 is 5.32 Å². The Morgan fingerprint density at radius 2 is 2.00 bits per heavy atom. The van der Waals surface area contributed by atoms with E-state index in [0.717, 1.165) is 25.7 Å². The van der Waals surface area contributed by atoms with Crippen LogP contribution in [0.25, 0.3) is 0 Å². The third-order valence-corrected chi connectivity index (χ3v) is 4.30. The minimum absolute atomic E-state index is 0.00440. The van der Waals surface area contributed by atoms with Crippen LogP contribution in [0.3, 0.4) is 0 Å². The van der Waals surface area contributed by atoms with Gasteiger partial charge in [0.1, 0.15) is 0 Å². The molecule has 3 unspecified atom stereocenters. The number of nitrogens with zero attached hydrogens (tertiary/aromatic N) is 1. The number of ether oxygens (including phenoxy) is 1. The average molecular weight is 254 g/mol. The Bertz CT molecular complexity index is 276. The fourth-order valence-corrected chi connectivity index (χ4v) is 2.98. The molecule has 0 aromatic carbocycles. The van der Waals surface area contributed by atoms with E-state index in [4.69, 9.17) is 4.74 Å². The first kappa shape index (κ1) is 14.3. The van der Waals surface area contributed by atoms with Crippen molar-refractivity contribution in [3.05, 3.63) is 0 Å². The molecule has 0 amide bonds. The molecule has 106 valence electrons. The van der Waals surface area contributed by atoms with Crippen molar-refractivity contribution in [2.45, 2.75) is 71.2 Å². The molecule has 2 rings (SSSR count). The largest absolute Gasteiger partial charge is 0.370 e. The van der Waals surface area contributed by atoms with Crippen LogP contribution in [0.15, 0.2) is 0 Å². The molecule has 18 heavy (non-hydrogen) atoms. The maximum absolute atomic E-state index is 5.98. The van der Waals surface area contributed by atoms with E-state index in [1.807, 2.05) is 0 Å². The van der Waals surface area contributed by atoms with Gasteiger partial charge in [-0.05, 0) is 53.0 Å². The van der Waals surface area contributed by atoms with Crippen molar-refractivity contribution in [1.29, 1.82) is 0 Å². The van der Waals surface area contributed by atoms with Gasteiger partial charge in [-0.2, -0.15) is 0 Å². The monoisotopic (exact) mass is 254 g/mol. The molecule has 1 aliphatic heterocycles. The molecule has 3 nitrogen and oxygen atoms in total. The normalized spacial score (nSPS) is 32.2. The summed E-state index contributed by atoms with van der Waals surface area (Å²) >= 11 is 0. The summed E-state index contributed by atoms with van der Waals surface area (Å²) in [6, 6.07) is 1.45. The summed E-state index contributed by atoms with van der Waals surface area (Å²) in [6.45, 7) is 14.6. The third-order valence-electron chi connectivity index (χ3n) is 4.30. The molecule has 0 aromatic heterocycles. The zero-order valence-electron chi connectivity index (χ0n) is 12.7. The van der Waals surface area contributed by atoms with Crippen LogP contribution in [0.1, 0.15) is 47.5 Å². The highest BCUT2D eigenvalue weighted by Crippen LogP contribution is 2.25. The predicted molar refractivity (Wildman–Crippen MR) is 75.8 cm³/mol. The number of hydrogen-bond acceptors (Lipinski definition) is 3. The Kier molecular flexibility index (Phi) is 4.35. The Balaban J connectivity index is 1.83. The number of rotatable bonds is 5. The van der Waals surface area contributed by atoms with Crippen LogP contribution in [0.2, 0.25) is 0 Å². The van der Waals surface area contributed by atoms with Crippen LogP contribution in [0, 0.1) is 5.92 Å². The molecule has 2 aliphatic rings. The van der Waals surface area contributed by atoms with Crippen LogP contribution in [0.5, 0.6) is 0 Å². The van der Waals surface area contributed by atoms with Crippen molar-refractivity contribution in [1.82, 2.24) is 10.2 Å². The fraction of sp³-hybridized carbons (Fsp3) is 1.00. The molecule has 3 atom stereocenters. The van der Waals surface area contributed by atoms with Crippen molar-refractivity contribution >= 4 is 0 Å². The van der Waals surface area contributed by atoms with Gasteiger partial charge in [-0.25, -0.2) is 0 Å². The highest BCUT2D eigenvalue weighted by atomic mass is 16.5. The Morgan fingerprint density at radius 1 is 1.33 bits per heavy atom. The second kappa shape index (κ2) is 5.48. The van der Waals surface area contributed by atoms with E-state index >= 15 is 0 Å². The van der Waals surface area contributed by atoms with E-state index in [0.29, 0.717) is 18.1 Å². The zero-order chi connectivity index (χ0) is 13.3. The topological polar surface area (TPSA) is 24.5 Å². The lowest BCUT2D eigenvalue weighted by Crippen LogP contribution is -2.56. The fourth-order valence-electron chi connectivity index (χ4n) is 2.98. The molecular weight excluding hydrogens is 224 g/mol. The molecule has 3 heteroatoms. The molecule has 1 N–H and O–H groups in total. The van der Waals surface area contributed by atoms with Crippen LogP contribution in [0.4, 0.5) is 0 Å². The maximum atomic E-state index is 5.98. The van der Waals surface area contributed by atoms with Gasteiger partial charge in [0.2, 0.25) is 0 Å². The summed E-state index contributed by atoms with van der Waals surface area (Å²) in [4.78, 5) is 2.60. The average Bonchev–Trinajstić information content (AvgIpc) is 3.05. The van der Waals surface area contributed by atoms with E-state index in [2.05, 4.69) is 44.8 Å². The maximum Gasteiger partial charge on any atom is 0.0757 e. The Hall–Kier alpha value is -0.120. The SMILES string of the molecule is CC1CN(C(C)C(C)CNC2CC2)CC(C)(C)O1. The van der Waals surface area contributed by atoms with Gasteiger partial charge in [0.25, 0.3) is 0 Å². The third kappa shape index (κ3) is 3.94. The molecule has 0 bridgehead atoms. The summed E-state index contributed by atoms with van der Waals surface area (Å²) in [5.41, 5.74) is -0.00440. The highest BCUT2D eigenvalue weighted by Gasteiger charge is 2.35. The molecule has 0 radical (unpaired) electrons. The van der Waals surface area contributed by atoms with E-state index in [1.54, 1.807) is 0 Å². The molecule has 1 heterocycles. The number of hydrogen-bond donors (Lipinski definition) is 1. The molecule has 1 saturated carbocycles. The summed E-state index contributed by atoms with van der Waals surface area (Å²) in [5.74, 6) is 0.701. The summed E-state index contributed by atoms with van der Waals surface area (Å²) in [7, 11) is 0. The lowest BCUT2D eigenvalue weighted by atomic mass is 9.97. The Labute approximate surface area is 112 Å². The minimum atomic E-state index is -0.00440. The minimum Gasteiger partial charge on any atom is -0.370 e. The summed E-state index contributed by atoms with van der Waals surface area (Å²) in [5, 5.41) is 3.65. The lowest BCUT2D eigenvalue weighted by Gasteiger charge is -2.45. The van der Waals surface area contributed by atoms with Crippen LogP contribution in [-0.2, 0) is 4.74 Å². The van der Waals surface area contributed by atoms with Gasteiger partial charge in [-0.15, -0.1) is 0 Å². The van der Waals surface area contributed by atoms with Crippen LogP contribution in [-0.4, -0.2) is 48.3 Å². The smallest absolute Gasteiger partial charge is 0.0757 e. The van der Waals surface area contributed by atoms with Crippen molar-refractivity contribution < 1.29 is 4.74 Å². The molecular formula is C15H30N2O. The van der Waals surface area contributed by atoms with Crippen molar-refractivity contribution in [3.63, 3.8) is 0 Å². The first-order valence-corrected chi connectivity index (χ1v) is 7.52. The first-order chi connectivity index (χ1) is 8.37. The van der Waals surface area contributed by atoms with Gasteiger partial charge in [0.05, 0.1) is 11.7 Å². The highest BCUT2D eigenvalue weighted by molar-refractivity contribution is 4.88. The van der Waals surface area contributed by atoms with Gasteiger partial charge in [0.15, 0.2) is 0 Å². The molecule has 0 aromatic rings.